The van der Waals surface area contributed by atoms with Gasteiger partial charge in [0.2, 0.25) is 0 Å². The summed E-state index contributed by atoms with van der Waals surface area (Å²) >= 11 is 0. The van der Waals surface area contributed by atoms with Gasteiger partial charge in [0.1, 0.15) is 0 Å². The van der Waals surface area contributed by atoms with Crippen LogP contribution in [0.1, 0.15) is 25.3 Å². The van der Waals surface area contributed by atoms with Gasteiger partial charge in [-0.15, -0.1) is 0 Å². The largest absolute Gasteiger partial charge is 0.368 e. The summed E-state index contributed by atoms with van der Waals surface area (Å²) < 4.78 is 0. The highest BCUT2D eigenvalue weighted by atomic mass is 15.2. The smallest absolute Gasteiger partial charge is 0.0797 e. The van der Waals surface area contributed by atoms with Gasteiger partial charge in [-0.2, -0.15) is 0 Å². The van der Waals surface area contributed by atoms with Gasteiger partial charge in [0.05, 0.1) is 23.3 Å². The number of para-hydroxylation sites is 2. The third kappa shape index (κ3) is 5.18. The number of piperidine rings is 1. The van der Waals surface area contributed by atoms with E-state index < -0.39 is 0 Å². The summed E-state index contributed by atoms with van der Waals surface area (Å²) in [6.45, 7) is 4.43. The molecule has 1 unspecified atom stereocenters. The topological polar surface area (TPSA) is 27.6 Å². The third-order valence-corrected chi connectivity index (χ3v) is 5.45. The first-order valence-electron chi connectivity index (χ1n) is 10.8. The molecule has 30 heavy (non-hydrogen) atoms. The molecular formula is C27H29N3. The molecule has 0 aromatic heterocycles. The zero-order valence-electron chi connectivity index (χ0n) is 17.5. The molecule has 1 heterocycles. The number of hydrogen-bond acceptors (Lipinski definition) is 3. The lowest BCUT2D eigenvalue weighted by Crippen LogP contribution is -2.35. The molecule has 3 heteroatoms. The van der Waals surface area contributed by atoms with Crippen molar-refractivity contribution in [1.82, 2.24) is 4.90 Å². The zero-order chi connectivity index (χ0) is 20.6. The second kappa shape index (κ2) is 9.93. The molecule has 0 spiro atoms. The molecular weight excluding hydrogens is 366 g/mol. The van der Waals surface area contributed by atoms with Crippen molar-refractivity contribution in [3.8, 4) is 0 Å². The van der Waals surface area contributed by atoms with Crippen LogP contribution in [0, 0.1) is 5.92 Å². The minimum Gasteiger partial charge on any atom is -0.368 e. The third-order valence-electron chi connectivity index (χ3n) is 5.45. The fourth-order valence-corrected chi connectivity index (χ4v) is 3.92. The first kappa shape index (κ1) is 20.0. The second-order valence-corrected chi connectivity index (χ2v) is 7.90. The molecule has 3 nitrogen and oxygen atoms in total. The summed E-state index contributed by atoms with van der Waals surface area (Å²) in [6, 6.07) is 31.1. The van der Waals surface area contributed by atoms with Gasteiger partial charge >= 0.3 is 0 Å². The Labute approximate surface area is 179 Å². The molecule has 0 amide bonds. The van der Waals surface area contributed by atoms with Crippen molar-refractivity contribution in [1.29, 1.82) is 0 Å². The summed E-state index contributed by atoms with van der Waals surface area (Å²) in [5, 5.41) is 3.69. The van der Waals surface area contributed by atoms with E-state index >= 15 is 0 Å². The summed E-state index contributed by atoms with van der Waals surface area (Å²) in [7, 11) is 0. The maximum Gasteiger partial charge on any atom is 0.0797 e. The van der Waals surface area contributed by atoms with Crippen LogP contribution in [-0.4, -0.2) is 24.2 Å². The Balaban J connectivity index is 1.81. The number of anilines is 1. The van der Waals surface area contributed by atoms with Gasteiger partial charge in [-0.3, -0.25) is 4.99 Å². The zero-order valence-corrected chi connectivity index (χ0v) is 17.5. The van der Waals surface area contributed by atoms with Crippen LogP contribution in [0.4, 0.5) is 11.4 Å². The molecule has 4 rings (SSSR count). The number of rotatable bonds is 6. The minimum atomic E-state index is 0.674. The summed E-state index contributed by atoms with van der Waals surface area (Å²) in [4.78, 5) is 7.32. The molecule has 1 fully saturated rings. The number of nitrogens with one attached hydrogen (secondary N) is 1. The first-order chi connectivity index (χ1) is 14.8. The van der Waals surface area contributed by atoms with E-state index in [-0.39, 0.29) is 0 Å². The molecule has 1 atom stereocenters. The van der Waals surface area contributed by atoms with Crippen molar-refractivity contribution in [3.05, 3.63) is 102 Å². The van der Waals surface area contributed by atoms with Gasteiger partial charge in [-0.1, -0.05) is 73.7 Å². The average molecular weight is 396 g/mol. The second-order valence-electron chi connectivity index (χ2n) is 7.90. The number of allylic oxidation sites excluding steroid dienone is 1. The van der Waals surface area contributed by atoms with E-state index in [2.05, 4.69) is 71.7 Å². The van der Waals surface area contributed by atoms with E-state index in [1.165, 1.54) is 12.8 Å². The van der Waals surface area contributed by atoms with Gasteiger partial charge in [-0.25, -0.2) is 0 Å². The van der Waals surface area contributed by atoms with Crippen molar-refractivity contribution in [2.75, 3.05) is 18.4 Å². The number of nitrogens with zero attached hydrogens (tertiary/aromatic N) is 2. The van der Waals surface area contributed by atoms with Gasteiger partial charge in [0.25, 0.3) is 0 Å². The van der Waals surface area contributed by atoms with Gasteiger partial charge in [0, 0.05) is 24.3 Å². The van der Waals surface area contributed by atoms with Crippen LogP contribution in [0.15, 0.2) is 102 Å². The quantitative estimate of drug-likeness (QED) is 0.476. The van der Waals surface area contributed by atoms with Crippen LogP contribution in [0.5, 0.6) is 0 Å². The monoisotopic (exact) mass is 395 g/mol. The molecule has 0 saturated carbocycles. The van der Waals surface area contributed by atoms with Crippen LogP contribution in [0.3, 0.4) is 0 Å². The lowest BCUT2D eigenvalue weighted by Gasteiger charge is -2.35. The van der Waals surface area contributed by atoms with Crippen molar-refractivity contribution < 1.29 is 0 Å². The van der Waals surface area contributed by atoms with Crippen LogP contribution in [0.2, 0.25) is 0 Å². The maximum absolute atomic E-state index is 4.83. The lowest BCUT2D eigenvalue weighted by atomic mass is 9.99. The van der Waals surface area contributed by atoms with E-state index in [9.17, 15) is 0 Å². The molecule has 3 aromatic rings. The predicted octanol–water partition coefficient (Wildman–Crippen LogP) is 6.60. The highest BCUT2D eigenvalue weighted by molar-refractivity contribution is 5.95. The number of hydrogen-bond donors (Lipinski definition) is 1. The van der Waals surface area contributed by atoms with Crippen molar-refractivity contribution in [2.24, 2.45) is 10.9 Å². The fraction of sp³-hybridized carbons (Fsp3) is 0.222. The van der Waals surface area contributed by atoms with Crippen molar-refractivity contribution in [2.45, 2.75) is 19.8 Å². The van der Waals surface area contributed by atoms with E-state index in [0.29, 0.717) is 5.92 Å². The summed E-state index contributed by atoms with van der Waals surface area (Å²) in [5.74, 6) is 0.674. The van der Waals surface area contributed by atoms with Crippen LogP contribution in [-0.2, 0) is 0 Å². The van der Waals surface area contributed by atoms with Gasteiger partial charge in [0.15, 0.2) is 0 Å². The van der Waals surface area contributed by atoms with Crippen molar-refractivity contribution in [3.63, 3.8) is 0 Å². The Morgan fingerprint density at radius 2 is 1.53 bits per heavy atom. The molecule has 1 aliphatic rings. The lowest BCUT2D eigenvalue weighted by molar-refractivity contribution is 0.240. The molecule has 1 N–H and O–H groups in total. The standard InChI is InChI=1S/C27H29N3/c1-22-12-11-19-30(21-22)26(20-28-24-15-7-3-8-16-24)27(23-13-5-2-6-14-23)29-25-17-9-4-10-18-25/h2-10,13-18,20,22,29H,11-12,19,21H2,1H3. The predicted molar refractivity (Wildman–Crippen MR) is 128 cm³/mol. The molecule has 1 saturated heterocycles. The highest BCUT2D eigenvalue weighted by Crippen LogP contribution is 2.27. The van der Waals surface area contributed by atoms with Gasteiger partial charge in [-0.05, 0) is 43.0 Å². The van der Waals surface area contributed by atoms with Crippen molar-refractivity contribution >= 4 is 23.3 Å². The van der Waals surface area contributed by atoms with Crippen LogP contribution in [0.25, 0.3) is 5.70 Å². The van der Waals surface area contributed by atoms with E-state index in [4.69, 9.17) is 4.99 Å². The Hall–Kier alpha value is -3.33. The number of likely N-dealkylation sites (tertiary alicyclic amines) is 1. The Morgan fingerprint density at radius 3 is 2.20 bits per heavy atom. The molecule has 0 bridgehead atoms. The SMILES string of the molecule is CC1CCCN(C(C=Nc2ccccc2)=C(Nc2ccccc2)c2ccccc2)C1. The maximum atomic E-state index is 4.83. The first-order valence-corrected chi connectivity index (χ1v) is 10.8. The Morgan fingerprint density at radius 1 is 0.900 bits per heavy atom. The Kier molecular flexibility index (Phi) is 6.61. The fourth-order valence-electron chi connectivity index (χ4n) is 3.92. The summed E-state index contributed by atoms with van der Waals surface area (Å²) in [5.41, 5.74) is 5.43. The molecule has 152 valence electrons. The average Bonchev–Trinajstić information content (AvgIpc) is 2.80. The van der Waals surface area contributed by atoms with Crippen LogP contribution < -0.4 is 5.32 Å². The van der Waals surface area contributed by atoms with E-state index in [1.807, 2.05) is 42.6 Å². The number of benzene rings is 3. The highest BCUT2D eigenvalue weighted by Gasteiger charge is 2.21. The van der Waals surface area contributed by atoms with E-state index in [0.717, 1.165) is 41.4 Å². The molecule has 0 aliphatic carbocycles. The molecule has 3 aromatic carbocycles. The van der Waals surface area contributed by atoms with E-state index in [1.54, 1.807) is 0 Å². The molecule has 1 aliphatic heterocycles. The Bertz CT molecular complexity index is 978. The summed E-state index contributed by atoms with van der Waals surface area (Å²) in [6.07, 6.45) is 4.52. The van der Waals surface area contributed by atoms with Crippen LogP contribution >= 0.6 is 0 Å². The number of aliphatic imine (C=N–C) groups is 1. The normalized spacial score (nSPS) is 17.6. The molecule has 0 radical (unpaired) electrons. The van der Waals surface area contributed by atoms with Gasteiger partial charge < -0.3 is 10.2 Å². The minimum absolute atomic E-state index is 0.674.